The molecule has 0 bridgehead atoms. The number of benzene rings is 1. The van der Waals surface area contributed by atoms with Crippen LogP contribution in [0.4, 0.5) is 18.9 Å². The number of rotatable bonds is 3. The molecule has 1 saturated heterocycles. The van der Waals surface area contributed by atoms with E-state index in [4.69, 9.17) is 5.11 Å². The van der Waals surface area contributed by atoms with E-state index < -0.39 is 11.7 Å². The van der Waals surface area contributed by atoms with E-state index in [0.29, 0.717) is 21.9 Å². The Hall–Kier alpha value is -1.38. The maximum atomic E-state index is 12.9. The molecule has 0 atom stereocenters. The van der Waals surface area contributed by atoms with Gasteiger partial charge in [-0.2, -0.15) is 13.2 Å². The molecule has 1 aliphatic rings. The van der Waals surface area contributed by atoms with Gasteiger partial charge in [0.1, 0.15) is 0 Å². The summed E-state index contributed by atoms with van der Waals surface area (Å²) in [6, 6.07) is 4.03. The fraction of sp³-hybridized carbons (Fsp3) is 0.438. The van der Waals surface area contributed by atoms with Gasteiger partial charge in [0, 0.05) is 42.6 Å². The maximum Gasteiger partial charge on any atom is 0.416 e. The topological polar surface area (TPSA) is 39.6 Å². The number of pyridine rings is 1. The minimum absolute atomic E-state index is 0.145. The number of β-amino-alcohol motifs (C(OH)–C–C–N with tert-alkyl or cyclic N) is 1. The Kier molecular flexibility index (Phi) is 4.98. The van der Waals surface area contributed by atoms with Crippen LogP contribution in [0.25, 0.3) is 10.9 Å². The van der Waals surface area contributed by atoms with Gasteiger partial charge in [0.2, 0.25) is 0 Å². The number of piperazine rings is 1. The lowest BCUT2D eigenvalue weighted by Gasteiger charge is -2.35. The lowest BCUT2D eigenvalue weighted by molar-refractivity contribution is -0.137. The van der Waals surface area contributed by atoms with Crippen LogP contribution in [0.5, 0.6) is 0 Å². The summed E-state index contributed by atoms with van der Waals surface area (Å²) in [5, 5.41) is 9.64. The van der Waals surface area contributed by atoms with Gasteiger partial charge in [0.05, 0.1) is 29.6 Å². The number of aliphatic hydroxyl groups is 1. The van der Waals surface area contributed by atoms with Crippen molar-refractivity contribution in [3.8, 4) is 0 Å². The molecular formula is C16H17BrF3N3O. The fourth-order valence-corrected chi connectivity index (χ4v) is 3.45. The zero-order valence-corrected chi connectivity index (χ0v) is 14.4. The predicted octanol–water partition coefficient (Wildman–Crippen LogP) is 3.13. The van der Waals surface area contributed by atoms with Gasteiger partial charge in [-0.3, -0.25) is 9.88 Å². The number of aliphatic hydroxyl groups excluding tert-OH is 1. The quantitative estimate of drug-likeness (QED) is 0.854. The van der Waals surface area contributed by atoms with E-state index in [1.807, 2.05) is 6.07 Å². The molecule has 24 heavy (non-hydrogen) atoms. The van der Waals surface area contributed by atoms with Crippen LogP contribution in [0.3, 0.4) is 0 Å². The van der Waals surface area contributed by atoms with Crippen LogP contribution >= 0.6 is 15.9 Å². The van der Waals surface area contributed by atoms with E-state index in [1.54, 1.807) is 6.20 Å². The molecule has 0 amide bonds. The Morgan fingerprint density at radius 2 is 1.83 bits per heavy atom. The highest BCUT2D eigenvalue weighted by Gasteiger charge is 2.31. The molecule has 1 N–H and O–H groups in total. The fourth-order valence-electron chi connectivity index (χ4n) is 2.88. The van der Waals surface area contributed by atoms with Crippen molar-refractivity contribution >= 4 is 32.5 Å². The average Bonchev–Trinajstić information content (AvgIpc) is 2.55. The van der Waals surface area contributed by atoms with Crippen LogP contribution in [0, 0.1) is 0 Å². The summed E-state index contributed by atoms with van der Waals surface area (Å²) in [4.78, 5) is 8.56. The first-order valence-electron chi connectivity index (χ1n) is 7.63. The Morgan fingerprint density at radius 3 is 2.46 bits per heavy atom. The molecule has 0 unspecified atom stereocenters. The molecule has 130 valence electrons. The Morgan fingerprint density at radius 1 is 1.12 bits per heavy atom. The second-order valence-electron chi connectivity index (χ2n) is 5.77. The molecule has 1 aromatic heterocycles. The van der Waals surface area contributed by atoms with Crippen molar-refractivity contribution < 1.29 is 18.3 Å². The van der Waals surface area contributed by atoms with Crippen LogP contribution in [-0.2, 0) is 6.18 Å². The van der Waals surface area contributed by atoms with E-state index >= 15 is 0 Å². The summed E-state index contributed by atoms with van der Waals surface area (Å²) in [5.41, 5.74) is 0.505. The number of hydrogen-bond donors (Lipinski definition) is 1. The second kappa shape index (κ2) is 6.85. The average molecular weight is 404 g/mol. The third-order valence-corrected chi connectivity index (χ3v) is 4.87. The normalized spacial score (nSPS) is 16.8. The van der Waals surface area contributed by atoms with E-state index in [0.717, 1.165) is 44.0 Å². The summed E-state index contributed by atoms with van der Waals surface area (Å²) in [7, 11) is 0. The highest BCUT2D eigenvalue weighted by atomic mass is 79.9. The number of hydrogen-bond acceptors (Lipinski definition) is 4. The minimum atomic E-state index is -4.39. The minimum Gasteiger partial charge on any atom is -0.395 e. The molecule has 1 aromatic carbocycles. The summed E-state index contributed by atoms with van der Waals surface area (Å²) < 4.78 is 39.0. The zero-order valence-electron chi connectivity index (χ0n) is 12.9. The molecule has 0 spiro atoms. The molecule has 2 heterocycles. The molecule has 1 fully saturated rings. The molecular weight excluding hydrogens is 387 g/mol. The Balaban J connectivity index is 1.86. The van der Waals surface area contributed by atoms with E-state index in [2.05, 4.69) is 30.7 Å². The van der Waals surface area contributed by atoms with Crippen molar-refractivity contribution in [1.29, 1.82) is 0 Å². The van der Waals surface area contributed by atoms with Gasteiger partial charge in [-0.15, -0.1) is 0 Å². The third-order valence-electron chi connectivity index (χ3n) is 4.22. The SMILES string of the molecule is OCCN1CCN(c2cnc3cc(C(F)(F)F)cc(Br)c3c2)CC1. The molecule has 2 aromatic rings. The van der Waals surface area contributed by atoms with E-state index in [1.165, 1.54) is 0 Å². The van der Waals surface area contributed by atoms with Crippen LogP contribution in [0.2, 0.25) is 0 Å². The van der Waals surface area contributed by atoms with Gasteiger partial charge >= 0.3 is 6.18 Å². The highest BCUT2D eigenvalue weighted by Crippen LogP contribution is 2.35. The van der Waals surface area contributed by atoms with Gasteiger partial charge < -0.3 is 10.0 Å². The van der Waals surface area contributed by atoms with Gasteiger partial charge in [-0.1, -0.05) is 15.9 Å². The third kappa shape index (κ3) is 3.65. The van der Waals surface area contributed by atoms with Crippen LogP contribution in [-0.4, -0.2) is 54.3 Å². The largest absolute Gasteiger partial charge is 0.416 e. The monoisotopic (exact) mass is 403 g/mol. The number of fused-ring (bicyclic) bond motifs is 1. The number of anilines is 1. The molecule has 3 rings (SSSR count). The predicted molar refractivity (Wildman–Crippen MR) is 90.2 cm³/mol. The van der Waals surface area contributed by atoms with Crippen molar-refractivity contribution in [2.24, 2.45) is 0 Å². The lowest BCUT2D eigenvalue weighted by atomic mass is 10.1. The molecule has 8 heteroatoms. The summed E-state index contributed by atoms with van der Waals surface area (Å²) >= 11 is 3.23. The zero-order chi connectivity index (χ0) is 17.3. The summed E-state index contributed by atoms with van der Waals surface area (Å²) in [6.45, 7) is 4.08. The first-order valence-corrected chi connectivity index (χ1v) is 8.42. The number of aromatic nitrogens is 1. The number of nitrogens with zero attached hydrogens (tertiary/aromatic N) is 3. The van der Waals surface area contributed by atoms with Gasteiger partial charge in [0.15, 0.2) is 0 Å². The second-order valence-corrected chi connectivity index (χ2v) is 6.62. The molecule has 0 radical (unpaired) electrons. The van der Waals surface area contributed by atoms with Crippen LogP contribution < -0.4 is 4.90 Å². The molecule has 4 nitrogen and oxygen atoms in total. The van der Waals surface area contributed by atoms with Gasteiger partial charge in [-0.25, -0.2) is 0 Å². The first-order chi connectivity index (χ1) is 11.4. The smallest absolute Gasteiger partial charge is 0.395 e. The maximum absolute atomic E-state index is 12.9. The number of alkyl halides is 3. The van der Waals surface area contributed by atoms with Crippen molar-refractivity contribution in [2.45, 2.75) is 6.18 Å². The molecule has 0 saturated carbocycles. The van der Waals surface area contributed by atoms with Gasteiger partial charge in [-0.05, 0) is 18.2 Å². The van der Waals surface area contributed by atoms with Gasteiger partial charge in [0.25, 0.3) is 0 Å². The molecule has 1 aliphatic heterocycles. The van der Waals surface area contributed by atoms with Crippen molar-refractivity contribution in [3.63, 3.8) is 0 Å². The van der Waals surface area contributed by atoms with E-state index in [9.17, 15) is 13.2 Å². The lowest BCUT2D eigenvalue weighted by Crippen LogP contribution is -2.47. The van der Waals surface area contributed by atoms with Crippen molar-refractivity contribution in [1.82, 2.24) is 9.88 Å². The van der Waals surface area contributed by atoms with Crippen LogP contribution in [0.1, 0.15) is 5.56 Å². The highest BCUT2D eigenvalue weighted by molar-refractivity contribution is 9.10. The van der Waals surface area contributed by atoms with Crippen molar-refractivity contribution in [2.75, 3.05) is 44.2 Å². The molecule has 0 aliphatic carbocycles. The summed E-state index contributed by atoms with van der Waals surface area (Å²) in [6.07, 6.45) is -2.77. The number of halogens is 4. The first kappa shape index (κ1) is 17.4. The Bertz CT molecular complexity index is 730. The van der Waals surface area contributed by atoms with E-state index in [-0.39, 0.29) is 6.61 Å². The summed E-state index contributed by atoms with van der Waals surface area (Å²) in [5.74, 6) is 0. The van der Waals surface area contributed by atoms with Crippen LogP contribution in [0.15, 0.2) is 28.9 Å². The standard InChI is InChI=1S/C16H17BrF3N3O/c17-14-7-11(16(18,19)20)8-15-13(14)9-12(10-21-15)23-3-1-22(2-4-23)5-6-24/h7-10,24H,1-6H2. The Labute approximate surface area is 146 Å². The van der Waals surface area contributed by atoms with Crippen molar-refractivity contribution in [3.05, 3.63) is 34.4 Å².